The van der Waals surface area contributed by atoms with Gasteiger partial charge >= 0.3 is 0 Å². The maximum atomic E-state index is 9.45. The van der Waals surface area contributed by atoms with Crippen LogP contribution in [0.15, 0.2) is 18.2 Å². The molecule has 1 saturated carbocycles. The van der Waals surface area contributed by atoms with E-state index in [1.165, 1.54) is 0 Å². The third kappa shape index (κ3) is 1.64. The van der Waals surface area contributed by atoms with Gasteiger partial charge in [-0.15, -0.1) is 0 Å². The molecule has 0 aromatic heterocycles. The summed E-state index contributed by atoms with van der Waals surface area (Å²) in [5, 5.41) is 18.8. The van der Waals surface area contributed by atoms with E-state index in [0.29, 0.717) is 25.1 Å². The molecule has 0 heterocycles. The third-order valence-electron chi connectivity index (χ3n) is 3.40. The average molecular weight is 223 g/mol. The molecule has 0 radical (unpaired) electrons. The number of benzene rings is 1. The second-order valence-corrected chi connectivity index (χ2v) is 4.43. The highest BCUT2D eigenvalue weighted by atomic mass is 16.5. The molecule has 1 aromatic carbocycles. The Balaban J connectivity index is 2.39. The molecule has 1 fully saturated rings. The fraction of sp³-hybridized carbons (Fsp3) is 0.500. The van der Waals surface area contributed by atoms with Crippen molar-refractivity contribution >= 4 is 0 Å². The maximum absolute atomic E-state index is 9.45. The molecule has 0 saturated heterocycles. The van der Waals surface area contributed by atoms with Crippen LogP contribution < -0.4 is 10.5 Å². The molecule has 0 spiro atoms. The first-order valence-electron chi connectivity index (χ1n) is 5.37. The van der Waals surface area contributed by atoms with E-state index in [1.54, 1.807) is 19.2 Å². The van der Waals surface area contributed by atoms with Crippen molar-refractivity contribution in [1.29, 1.82) is 0 Å². The summed E-state index contributed by atoms with van der Waals surface area (Å²) in [5.74, 6) is 0.810. The lowest BCUT2D eigenvalue weighted by atomic mass is 9.62. The molecule has 1 aromatic rings. The topological polar surface area (TPSA) is 75.7 Å². The van der Waals surface area contributed by atoms with Gasteiger partial charge in [0.1, 0.15) is 11.5 Å². The lowest BCUT2D eigenvalue weighted by Crippen LogP contribution is -2.49. The van der Waals surface area contributed by atoms with Crippen LogP contribution in [0, 0.1) is 0 Å². The van der Waals surface area contributed by atoms with E-state index in [4.69, 9.17) is 10.5 Å². The number of hydrogen-bond donors (Lipinski definition) is 3. The van der Waals surface area contributed by atoms with Gasteiger partial charge in [-0.1, -0.05) is 6.07 Å². The number of ether oxygens (including phenoxy) is 1. The van der Waals surface area contributed by atoms with Crippen LogP contribution in [-0.2, 0) is 5.41 Å². The zero-order chi connectivity index (χ0) is 11.8. The Hall–Kier alpha value is -1.26. The van der Waals surface area contributed by atoms with Gasteiger partial charge in [0.05, 0.1) is 13.2 Å². The Morgan fingerprint density at radius 1 is 1.50 bits per heavy atom. The van der Waals surface area contributed by atoms with Gasteiger partial charge in [-0.05, 0) is 18.9 Å². The third-order valence-corrected chi connectivity index (χ3v) is 3.40. The molecule has 4 N–H and O–H groups in total. The van der Waals surface area contributed by atoms with Gasteiger partial charge in [0.2, 0.25) is 0 Å². The summed E-state index contributed by atoms with van der Waals surface area (Å²) in [6.07, 6.45) is 1.04. The van der Waals surface area contributed by atoms with E-state index in [-0.39, 0.29) is 17.3 Å². The molecule has 16 heavy (non-hydrogen) atoms. The lowest BCUT2D eigenvalue weighted by Gasteiger charge is -2.45. The minimum Gasteiger partial charge on any atom is -0.508 e. The number of methoxy groups -OCH3 is 1. The molecule has 1 aliphatic rings. The average Bonchev–Trinajstić information content (AvgIpc) is 2.24. The van der Waals surface area contributed by atoms with E-state index < -0.39 is 0 Å². The van der Waals surface area contributed by atoms with Crippen molar-refractivity contribution < 1.29 is 14.9 Å². The van der Waals surface area contributed by atoms with Crippen LogP contribution in [0.25, 0.3) is 0 Å². The van der Waals surface area contributed by atoms with Crippen LogP contribution in [0.3, 0.4) is 0 Å². The van der Waals surface area contributed by atoms with Crippen molar-refractivity contribution in [1.82, 2.24) is 0 Å². The summed E-state index contributed by atoms with van der Waals surface area (Å²) in [5.41, 5.74) is 6.57. The maximum Gasteiger partial charge on any atom is 0.126 e. The Bertz CT molecular complexity index is 386. The molecule has 2 rings (SSSR count). The van der Waals surface area contributed by atoms with Crippen LogP contribution in [0.1, 0.15) is 18.4 Å². The van der Waals surface area contributed by atoms with Crippen LogP contribution in [0.4, 0.5) is 0 Å². The van der Waals surface area contributed by atoms with Gasteiger partial charge in [-0.25, -0.2) is 0 Å². The van der Waals surface area contributed by atoms with Gasteiger partial charge in [-0.3, -0.25) is 0 Å². The van der Waals surface area contributed by atoms with Crippen LogP contribution in [0.5, 0.6) is 11.5 Å². The number of aromatic hydroxyl groups is 1. The summed E-state index contributed by atoms with van der Waals surface area (Å²) in [7, 11) is 1.57. The molecular weight excluding hydrogens is 206 g/mol. The molecule has 88 valence electrons. The minimum atomic E-state index is -0.276. The molecule has 0 aliphatic heterocycles. The highest BCUT2D eigenvalue weighted by Gasteiger charge is 2.45. The fourth-order valence-corrected chi connectivity index (χ4v) is 2.46. The Kier molecular flexibility index (Phi) is 2.78. The molecule has 4 nitrogen and oxygen atoms in total. The number of hydrogen-bond acceptors (Lipinski definition) is 4. The van der Waals surface area contributed by atoms with E-state index in [2.05, 4.69) is 0 Å². The van der Waals surface area contributed by atoms with Gasteiger partial charge in [0.15, 0.2) is 0 Å². The molecule has 0 atom stereocenters. The normalized spacial score (nSPS) is 28.6. The summed E-state index contributed by atoms with van der Waals surface area (Å²) < 4.78 is 5.25. The van der Waals surface area contributed by atoms with Crippen molar-refractivity contribution in [3.8, 4) is 11.5 Å². The first-order valence-corrected chi connectivity index (χ1v) is 5.37. The number of phenolic OH excluding ortho intramolecular Hbond substituents is 1. The van der Waals surface area contributed by atoms with Crippen molar-refractivity contribution in [2.24, 2.45) is 5.73 Å². The number of aliphatic hydroxyl groups is 1. The smallest absolute Gasteiger partial charge is 0.126 e. The molecule has 4 heteroatoms. The standard InChI is InChI=1S/C12H17NO3/c1-16-11-4-8(14)2-3-10(11)12(7-13)5-9(15)6-12/h2-4,9,14-15H,5-7,13H2,1H3. The molecule has 0 bridgehead atoms. The number of aliphatic hydroxyl groups excluding tert-OH is 1. The largest absolute Gasteiger partial charge is 0.508 e. The van der Waals surface area contributed by atoms with E-state index in [9.17, 15) is 10.2 Å². The van der Waals surface area contributed by atoms with E-state index in [1.807, 2.05) is 6.07 Å². The molecule has 1 aliphatic carbocycles. The number of rotatable bonds is 3. The highest BCUT2D eigenvalue weighted by Crippen LogP contribution is 2.47. The second-order valence-electron chi connectivity index (χ2n) is 4.43. The first kappa shape index (κ1) is 11.2. The Labute approximate surface area is 94.7 Å². The quantitative estimate of drug-likeness (QED) is 0.707. The van der Waals surface area contributed by atoms with Crippen LogP contribution in [0.2, 0.25) is 0 Å². The summed E-state index contributed by atoms with van der Waals surface area (Å²) in [4.78, 5) is 0. The number of phenols is 1. The fourth-order valence-electron chi connectivity index (χ4n) is 2.46. The van der Waals surface area contributed by atoms with Gasteiger partial charge in [-0.2, -0.15) is 0 Å². The summed E-state index contributed by atoms with van der Waals surface area (Å²) in [6, 6.07) is 5.03. The van der Waals surface area contributed by atoms with Crippen LogP contribution in [-0.4, -0.2) is 30.0 Å². The first-order chi connectivity index (χ1) is 7.61. The highest BCUT2D eigenvalue weighted by molar-refractivity contribution is 5.46. The summed E-state index contributed by atoms with van der Waals surface area (Å²) in [6.45, 7) is 0.477. The second kappa shape index (κ2) is 3.96. The van der Waals surface area contributed by atoms with Crippen LogP contribution >= 0.6 is 0 Å². The van der Waals surface area contributed by atoms with Crippen molar-refractivity contribution in [3.05, 3.63) is 23.8 Å². The molecule has 0 amide bonds. The van der Waals surface area contributed by atoms with Gasteiger partial charge < -0.3 is 20.7 Å². The zero-order valence-electron chi connectivity index (χ0n) is 9.31. The van der Waals surface area contributed by atoms with Crippen molar-refractivity contribution in [2.45, 2.75) is 24.4 Å². The van der Waals surface area contributed by atoms with Gasteiger partial charge in [0.25, 0.3) is 0 Å². The SMILES string of the molecule is COc1cc(O)ccc1C1(CN)CC(O)C1. The summed E-state index contributed by atoms with van der Waals surface area (Å²) >= 11 is 0. The Morgan fingerprint density at radius 2 is 2.19 bits per heavy atom. The Morgan fingerprint density at radius 3 is 2.69 bits per heavy atom. The lowest BCUT2D eigenvalue weighted by molar-refractivity contribution is 0.0211. The van der Waals surface area contributed by atoms with Gasteiger partial charge in [0, 0.05) is 23.6 Å². The minimum absolute atomic E-state index is 0.174. The number of nitrogens with two attached hydrogens (primary N) is 1. The monoisotopic (exact) mass is 223 g/mol. The van der Waals surface area contributed by atoms with Crippen molar-refractivity contribution in [3.63, 3.8) is 0 Å². The predicted molar refractivity (Wildman–Crippen MR) is 60.6 cm³/mol. The van der Waals surface area contributed by atoms with Crippen molar-refractivity contribution in [2.75, 3.05) is 13.7 Å². The molecular formula is C12H17NO3. The van der Waals surface area contributed by atoms with E-state index in [0.717, 1.165) is 5.56 Å². The van der Waals surface area contributed by atoms with E-state index >= 15 is 0 Å². The molecule has 0 unspecified atom stereocenters. The zero-order valence-corrected chi connectivity index (χ0v) is 9.31. The predicted octanol–water partition coefficient (Wildman–Crippen LogP) is 0.752.